The lowest BCUT2D eigenvalue weighted by molar-refractivity contribution is -0.137. The van der Waals surface area contributed by atoms with Crippen molar-refractivity contribution in [2.75, 3.05) is 33.2 Å². The number of nitrogens with one attached hydrogen (secondary N) is 3. The maximum Gasteiger partial charge on any atom is 0.270 e. The van der Waals surface area contributed by atoms with Crippen LogP contribution in [0.2, 0.25) is 0 Å². The quantitative estimate of drug-likeness (QED) is 0.371. The van der Waals surface area contributed by atoms with E-state index >= 15 is 0 Å². The molecule has 2 aromatic rings. The number of hydrogen-bond donors (Lipinski definition) is 3. The Morgan fingerprint density at radius 2 is 1.57 bits per heavy atom. The van der Waals surface area contributed by atoms with Gasteiger partial charge in [0.1, 0.15) is 17.8 Å². The molecule has 0 spiro atoms. The van der Waals surface area contributed by atoms with Gasteiger partial charge in [-0.3, -0.25) is 23.9 Å². The van der Waals surface area contributed by atoms with Gasteiger partial charge in [0.2, 0.25) is 17.7 Å². The monoisotopic (exact) mass is 579 g/mol. The van der Waals surface area contributed by atoms with E-state index in [4.69, 9.17) is 0 Å². The fourth-order valence-electron chi connectivity index (χ4n) is 5.75. The maximum atomic E-state index is 13.4. The highest BCUT2D eigenvalue weighted by molar-refractivity contribution is 5.96. The molecule has 2 fully saturated rings. The molecule has 2 aliphatic rings. The molecule has 1 aliphatic heterocycles. The van der Waals surface area contributed by atoms with E-state index < -0.39 is 12.1 Å². The molecule has 0 unspecified atom stereocenters. The summed E-state index contributed by atoms with van der Waals surface area (Å²) in [6, 6.07) is 8.14. The molecule has 1 aliphatic carbocycles. The van der Waals surface area contributed by atoms with Crippen LogP contribution < -0.4 is 16.0 Å². The largest absolute Gasteiger partial charge is 0.350 e. The predicted molar refractivity (Wildman–Crippen MR) is 159 cm³/mol. The number of rotatable bonds is 11. The minimum absolute atomic E-state index is 0.0526. The maximum absolute atomic E-state index is 13.4. The van der Waals surface area contributed by atoms with Crippen molar-refractivity contribution in [3.63, 3.8) is 0 Å². The molecular weight excluding hydrogens is 534 g/mol. The van der Waals surface area contributed by atoms with Crippen molar-refractivity contribution < 1.29 is 19.2 Å². The fraction of sp³-hybridized carbons (Fsp3) is 0.581. The molecule has 42 heavy (non-hydrogen) atoms. The summed E-state index contributed by atoms with van der Waals surface area (Å²) in [5.74, 6) is -0.609. The number of aromatic nitrogens is 2. The normalized spacial score (nSPS) is 17.7. The molecule has 2 heterocycles. The van der Waals surface area contributed by atoms with Gasteiger partial charge in [-0.05, 0) is 43.0 Å². The Hall–Kier alpha value is -3.73. The minimum Gasteiger partial charge on any atom is -0.350 e. The van der Waals surface area contributed by atoms with E-state index in [1.54, 1.807) is 26.2 Å². The van der Waals surface area contributed by atoms with Crippen LogP contribution in [0, 0.1) is 5.92 Å². The van der Waals surface area contributed by atoms with Gasteiger partial charge in [-0.2, -0.15) is 5.10 Å². The zero-order valence-electron chi connectivity index (χ0n) is 25.1. The van der Waals surface area contributed by atoms with Gasteiger partial charge >= 0.3 is 0 Å². The molecule has 0 radical (unpaired) electrons. The van der Waals surface area contributed by atoms with Crippen molar-refractivity contribution in [1.82, 2.24) is 35.5 Å². The first kappa shape index (κ1) is 31.2. The Bertz CT molecular complexity index is 1210. The van der Waals surface area contributed by atoms with Crippen LogP contribution in [0.3, 0.4) is 0 Å². The highest BCUT2D eigenvalue weighted by atomic mass is 16.2. The molecule has 11 nitrogen and oxygen atoms in total. The van der Waals surface area contributed by atoms with E-state index in [2.05, 4.69) is 25.9 Å². The van der Waals surface area contributed by atoms with Crippen LogP contribution in [0.15, 0.2) is 36.5 Å². The number of carbonyl (C=O) groups is 4. The van der Waals surface area contributed by atoms with Gasteiger partial charge in [-0.1, -0.05) is 50.5 Å². The average molecular weight is 580 g/mol. The first-order valence-electron chi connectivity index (χ1n) is 15.2. The van der Waals surface area contributed by atoms with E-state index in [9.17, 15) is 19.2 Å². The second-order valence-corrected chi connectivity index (χ2v) is 11.5. The summed E-state index contributed by atoms with van der Waals surface area (Å²) in [7, 11) is 3.74. The second kappa shape index (κ2) is 14.9. The first-order chi connectivity index (χ1) is 20.2. The standard InChI is InChI=1S/C31H45N7O4/c1-4-27(39)34-25(31(42)38-18-16-36(2)17-19-38)20-22-10-12-23(13-11-22)21-32-30(41)28(24-8-6-5-7-9-24)35-29(40)26-14-15-33-37(26)3/h10-15,24-25,28H,4-9,16-21H2,1-3H3,(H,32,41)(H,34,39)(H,35,40)/t25-,28+/m1/s1. The summed E-state index contributed by atoms with van der Waals surface area (Å²) in [6.45, 7) is 5.03. The summed E-state index contributed by atoms with van der Waals surface area (Å²) in [5.41, 5.74) is 2.25. The van der Waals surface area contributed by atoms with Crippen LogP contribution in [-0.2, 0) is 34.4 Å². The van der Waals surface area contributed by atoms with Gasteiger partial charge in [0.05, 0.1) is 0 Å². The lowest BCUT2D eigenvalue weighted by Crippen LogP contribution is -2.54. The van der Waals surface area contributed by atoms with Crippen molar-refractivity contribution in [1.29, 1.82) is 0 Å². The van der Waals surface area contributed by atoms with Gasteiger partial charge in [-0.25, -0.2) is 0 Å². The summed E-state index contributed by atoms with van der Waals surface area (Å²) in [6.07, 6.45) is 7.33. The molecule has 4 rings (SSSR count). The molecular formula is C31H45N7O4. The summed E-state index contributed by atoms with van der Waals surface area (Å²) >= 11 is 0. The van der Waals surface area contributed by atoms with Crippen LogP contribution in [0.4, 0.5) is 0 Å². The third-order valence-electron chi connectivity index (χ3n) is 8.44. The van der Waals surface area contributed by atoms with Crippen LogP contribution in [-0.4, -0.2) is 88.5 Å². The number of carbonyl (C=O) groups excluding carboxylic acids is 4. The number of piperazine rings is 1. The molecule has 1 aromatic carbocycles. The molecule has 228 valence electrons. The van der Waals surface area contributed by atoms with Crippen molar-refractivity contribution >= 4 is 23.6 Å². The van der Waals surface area contributed by atoms with Crippen molar-refractivity contribution in [3.8, 4) is 0 Å². The molecule has 1 saturated heterocycles. The Morgan fingerprint density at radius 3 is 2.19 bits per heavy atom. The van der Waals surface area contributed by atoms with Gasteiger partial charge < -0.3 is 25.8 Å². The van der Waals surface area contributed by atoms with E-state index in [1.807, 2.05) is 36.2 Å². The lowest BCUT2D eigenvalue weighted by Gasteiger charge is -2.34. The highest BCUT2D eigenvalue weighted by Gasteiger charge is 2.32. The van der Waals surface area contributed by atoms with Gasteiger partial charge in [0, 0.05) is 58.8 Å². The number of aryl methyl sites for hydroxylation is 1. The first-order valence-corrected chi connectivity index (χ1v) is 15.2. The van der Waals surface area contributed by atoms with Crippen LogP contribution in [0.1, 0.15) is 67.1 Å². The Labute approximate surface area is 248 Å². The van der Waals surface area contributed by atoms with E-state index in [1.165, 1.54) is 4.68 Å². The van der Waals surface area contributed by atoms with Gasteiger partial charge in [0.15, 0.2) is 0 Å². The van der Waals surface area contributed by atoms with Gasteiger partial charge in [0.25, 0.3) is 5.91 Å². The molecule has 2 atom stereocenters. The third-order valence-corrected chi connectivity index (χ3v) is 8.44. The Morgan fingerprint density at radius 1 is 0.905 bits per heavy atom. The van der Waals surface area contributed by atoms with E-state index in [0.717, 1.165) is 56.3 Å². The number of hydrogen-bond acceptors (Lipinski definition) is 6. The van der Waals surface area contributed by atoms with Crippen molar-refractivity contribution in [2.24, 2.45) is 13.0 Å². The zero-order chi connectivity index (χ0) is 30.1. The van der Waals surface area contributed by atoms with Crippen LogP contribution >= 0.6 is 0 Å². The average Bonchev–Trinajstić information content (AvgIpc) is 3.45. The Balaban J connectivity index is 1.37. The molecule has 1 aromatic heterocycles. The SMILES string of the molecule is CCC(=O)N[C@H](Cc1ccc(CNC(=O)[C@@H](NC(=O)c2ccnn2C)C2CCCCC2)cc1)C(=O)N1CCN(C)CC1. The molecule has 4 amide bonds. The lowest BCUT2D eigenvalue weighted by atomic mass is 9.83. The topological polar surface area (TPSA) is 129 Å². The van der Waals surface area contributed by atoms with E-state index in [0.29, 0.717) is 38.2 Å². The third kappa shape index (κ3) is 8.40. The number of benzene rings is 1. The van der Waals surface area contributed by atoms with Crippen molar-refractivity contribution in [2.45, 2.75) is 70.5 Å². The zero-order valence-corrected chi connectivity index (χ0v) is 25.1. The molecule has 11 heteroatoms. The van der Waals surface area contributed by atoms with Crippen molar-refractivity contribution in [3.05, 3.63) is 53.3 Å². The highest BCUT2D eigenvalue weighted by Crippen LogP contribution is 2.27. The number of nitrogens with zero attached hydrogens (tertiary/aromatic N) is 4. The summed E-state index contributed by atoms with van der Waals surface area (Å²) in [4.78, 5) is 55.8. The molecule has 1 saturated carbocycles. The fourth-order valence-corrected chi connectivity index (χ4v) is 5.75. The summed E-state index contributed by atoms with van der Waals surface area (Å²) in [5, 5.41) is 13.0. The van der Waals surface area contributed by atoms with Crippen LogP contribution in [0.25, 0.3) is 0 Å². The second-order valence-electron chi connectivity index (χ2n) is 11.5. The molecule has 0 bridgehead atoms. The van der Waals surface area contributed by atoms with Gasteiger partial charge in [-0.15, -0.1) is 0 Å². The minimum atomic E-state index is -0.620. The Kier molecular flexibility index (Phi) is 11.1. The predicted octanol–water partition coefficient (Wildman–Crippen LogP) is 1.63. The van der Waals surface area contributed by atoms with E-state index in [-0.39, 0.29) is 29.5 Å². The molecule has 3 N–H and O–H groups in total. The summed E-state index contributed by atoms with van der Waals surface area (Å²) < 4.78 is 1.50. The smallest absolute Gasteiger partial charge is 0.270 e. The number of likely N-dealkylation sites (N-methyl/N-ethyl adjacent to an activating group) is 1. The van der Waals surface area contributed by atoms with Crippen LogP contribution in [0.5, 0.6) is 0 Å². The number of amides is 4.